The lowest BCUT2D eigenvalue weighted by atomic mass is 10.1. The maximum Gasteiger partial charge on any atom is 0.515 e. The molecule has 0 fully saturated rings. The minimum absolute atomic E-state index is 0.299. The van der Waals surface area contributed by atoms with Gasteiger partial charge in [0.05, 0.1) is 13.3 Å². The first-order valence-electron chi connectivity index (χ1n) is 7.01. The van der Waals surface area contributed by atoms with Crippen molar-refractivity contribution in [3.63, 3.8) is 0 Å². The van der Waals surface area contributed by atoms with Crippen molar-refractivity contribution in [3.05, 3.63) is 0 Å². The lowest BCUT2D eigenvalue weighted by molar-refractivity contribution is -0.152. The van der Waals surface area contributed by atoms with Crippen LogP contribution in [0, 0.1) is 0 Å². The van der Waals surface area contributed by atoms with Gasteiger partial charge >= 0.3 is 14.8 Å². The van der Waals surface area contributed by atoms with Gasteiger partial charge in [-0.3, -0.25) is 9.69 Å². The zero-order valence-electron chi connectivity index (χ0n) is 13.8. The molecule has 0 bridgehead atoms. The molecule has 0 saturated carbocycles. The molecule has 0 saturated heterocycles. The van der Waals surface area contributed by atoms with Gasteiger partial charge in [-0.1, -0.05) is 0 Å². The average Bonchev–Trinajstić information content (AvgIpc) is 2.38. The fourth-order valence-corrected chi connectivity index (χ4v) is 4.63. The topological polar surface area (TPSA) is 57.2 Å². The minimum atomic E-state index is -2.81. The summed E-state index contributed by atoms with van der Waals surface area (Å²) in [4.78, 5) is 13.7. The molecule has 6 nitrogen and oxygen atoms in total. The van der Waals surface area contributed by atoms with Crippen molar-refractivity contribution in [2.24, 2.45) is 0 Å². The van der Waals surface area contributed by atoms with Crippen molar-refractivity contribution in [1.29, 1.82) is 0 Å². The second-order valence-corrected chi connectivity index (χ2v) is 7.44. The summed E-state index contributed by atoms with van der Waals surface area (Å²) >= 11 is 0. The molecule has 0 heterocycles. The summed E-state index contributed by atoms with van der Waals surface area (Å²) in [5.74, 6) is -0.299. The predicted octanol–water partition coefficient (Wildman–Crippen LogP) is 1.46. The second-order valence-electron chi connectivity index (χ2n) is 4.89. The predicted molar refractivity (Wildman–Crippen MR) is 79.4 cm³/mol. The van der Waals surface area contributed by atoms with E-state index in [1.54, 1.807) is 0 Å². The highest BCUT2D eigenvalue weighted by Gasteiger charge is 2.46. The normalized spacial score (nSPS) is 12.8. The second kappa shape index (κ2) is 8.73. The van der Waals surface area contributed by atoms with Gasteiger partial charge in [0.1, 0.15) is 5.54 Å². The number of hydrogen-bond donors (Lipinski definition) is 0. The lowest BCUT2D eigenvalue weighted by Crippen LogP contribution is -2.60. The summed E-state index contributed by atoms with van der Waals surface area (Å²) in [5.41, 5.74) is -0.766. The molecule has 20 heavy (non-hydrogen) atoms. The van der Waals surface area contributed by atoms with E-state index in [0.717, 1.165) is 0 Å². The molecule has 0 N–H and O–H groups in total. The van der Waals surface area contributed by atoms with E-state index in [0.29, 0.717) is 26.0 Å². The number of ether oxygens (including phenoxy) is 1. The van der Waals surface area contributed by atoms with E-state index in [1.165, 1.54) is 7.11 Å². The first-order chi connectivity index (χ1) is 9.29. The number of likely N-dealkylation sites (N-methyl/N-ethyl adjacent to an activating group) is 1. The molecule has 0 rings (SSSR count). The maximum atomic E-state index is 11.9. The molecular formula is C13H29NO5Si. The monoisotopic (exact) mass is 307 g/mol. The Morgan fingerprint density at radius 2 is 1.45 bits per heavy atom. The van der Waals surface area contributed by atoms with E-state index >= 15 is 0 Å². The Bertz CT molecular complexity index is 281. The molecule has 0 radical (unpaired) electrons. The van der Waals surface area contributed by atoms with Crippen LogP contribution in [-0.4, -0.2) is 65.4 Å². The van der Waals surface area contributed by atoms with Crippen molar-refractivity contribution < 1.29 is 22.8 Å². The van der Waals surface area contributed by atoms with Crippen LogP contribution in [-0.2, 0) is 22.8 Å². The van der Waals surface area contributed by atoms with Gasteiger partial charge in [0.2, 0.25) is 0 Å². The quantitative estimate of drug-likeness (QED) is 0.450. The van der Waals surface area contributed by atoms with Crippen molar-refractivity contribution in [3.8, 4) is 0 Å². The Labute approximate surface area is 123 Å². The molecule has 0 aliphatic heterocycles. The van der Waals surface area contributed by atoms with Crippen LogP contribution in [0.15, 0.2) is 0 Å². The molecule has 0 atom stereocenters. The van der Waals surface area contributed by atoms with Gasteiger partial charge in [0.25, 0.3) is 0 Å². The zero-order chi connectivity index (χ0) is 15.8. The van der Waals surface area contributed by atoms with E-state index in [2.05, 4.69) is 0 Å². The Hall–Kier alpha value is -0.473. The van der Waals surface area contributed by atoms with Gasteiger partial charge in [-0.15, -0.1) is 0 Å². The third kappa shape index (κ3) is 5.14. The van der Waals surface area contributed by atoms with Crippen LogP contribution in [0.2, 0.25) is 0 Å². The highest BCUT2D eigenvalue weighted by atomic mass is 28.4. The average molecular weight is 307 g/mol. The van der Waals surface area contributed by atoms with Crippen molar-refractivity contribution >= 4 is 14.8 Å². The van der Waals surface area contributed by atoms with Gasteiger partial charge in [-0.25, -0.2) is 0 Å². The highest BCUT2D eigenvalue weighted by Crippen LogP contribution is 2.19. The maximum absolute atomic E-state index is 11.9. The van der Waals surface area contributed by atoms with Crippen molar-refractivity contribution in [2.45, 2.75) is 40.2 Å². The smallest absolute Gasteiger partial charge is 0.468 e. The van der Waals surface area contributed by atoms with Crippen LogP contribution in [0.4, 0.5) is 0 Å². The number of carbonyl (C=O) groups is 1. The molecule has 0 aliphatic rings. The molecule has 0 aromatic carbocycles. The van der Waals surface area contributed by atoms with Crippen molar-refractivity contribution in [2.75, 3.05) is 40.1 Å². The number of rotatable bonds is 10. The fourth-order valence-electron chi connectivity index (χ4n) is 1.82. The van der Waals surface area contributed by atoms with Crippen LogP contribution in [0.5, 0.6) is 0 Å². The summed E-state index contributed by atoms with van der Waals surface area (Å²) in [6, 6.07) is 0. The summed E-state index contributed by atoms with van der Waals surface area (Å²) < 4.78 is 22.2. The first kappa shape index (κ1) is 19.5. The van der Waals surface area contributed by atoms with Crippen LogP contribution >= 0.6 is 0 Å². The summed E-state index contributed by atoms with van der Waals surface area (Å²) in [7, 11) is 0.419. The van der Waals surface area contributed by atoms with E-state index in [9.17, 15) is 4.79 Å². The van der Waals surface area contributed by atoms with Crippen LogP contribution < -0.4 is 0 Å². The molecule has 0 aromatic rings. The summed E-state index contributed by atoms with van der Waals surface area (Å²) in [6.45, 7) is 10.9. The van der Waals surface area contributed by atoms with E-state index in [4.69, 9.17) is 18.0 Å². The van der Waals surface area contributed by atoms with E-state index < -0.39 is 14.3 Å². The molecule has 7 heteroatoms. The zero-order valence-corrected chi connectivity index (χ0v) is 14.8. The van der Waals surface area contributed by atoms with Gasteiger partial charge in [0.15, 0.2) is 0 Å². The molecule has 0 aromatic heterocycles. The summed E-state index contributed by atoms with van der Waals surface area (Å²) in [5, 5.41) is 0. The first-order valence-corrected chi connectivity index (χ1v) is 8.94. The minimum Gasteiger partial charge on any atom is -0.468 e. The van der Waals surface area contributed by atoms with E-state index in [1.807, 2.05) is 46.6 Å². The van der Waals surface area contributed by atoms with E-state index in [-0.39, 0.29) is 5.97 Å². The SMILES string of the molecule is CCO[Si](CN(C)C(C)(C)C(=O)OC)(OCC)OCC. The lowest BCUT2D eigenvalue weighted by Gasteiger charge is -2.38. The van der Waals surface area contributed by atoms with Crippen LogP contribution in [0.3, 0.4) is 0 Å². The van der Waals surface area contributed by atoms with Gasteiger partial charge in [0, 0.05) is 19.8 Å². The van der Waals surface area contributed by atoms with Gasteiger partial charge < -0.3 is 18.0 Å². The number of hydrogen-bond acceptors (Lipinski definition) is 6. The number of nitrogens with zero attached hydrogens (tertiary/aromatic N) is 1. The molecule has 0 amide bonds. The van der Waals surface area contributed by atoms with Gasteiger partial charge in [-0.2, -0.15) is 0 Å². The Balaban J connectivity index is 5.08. The number of carbonyl (C=O) groups excluding carboxylic acids is 1. The Morgan fingerprint density at radius 3 is 1.75 bits per heavy atom. The van der Waals surface area contributed by atoms with Crippen LogP contribution in [0.1, 0.15) is 34.6 Å². The molecule has 0 unspecified atom stereocenters. The largest absolute Gasteiger partial charge is 0.515 e. The molecule has 0 aliphatic carbocycles. The number of methoxy groups -OCH3 is 1. The Morgan fingerprint density at radius 1 is 1.05 bits per heavy atom. The highest BCUT2D eigenvalue weighted by molar-refractivity contribution is 6.61. The molecule has 0 spiro atoms. The third-order valence-electron chi connectivity index (χ3n) is 3.16. The summed E-state index contributed by atoms with van der Waals surface area (Å²) in [6.07, 6.45) is 0.435. The van der Waals surface area contributed by atoms with Gasteiger partial charge in [-0.05, 0) is 41.7 Å². The third-order valence-corrected chi connectivity index (χ3v) is 6.21. The standard InChI is InChI=1S/C13H29NO5Si/c1-8-17-20(18-9-2,19-10-3)11-14(6)13(4,5)12(15)16-7/h8-11H2,1-7H3. The molecular weight excluding hydrogens is 278 g/mol. The fraction of sp³-hybridized carbons (Fsp3) is 0.923. The van der Waals surface area contributed by atoms with Crippen molar-refractivity contribution in [1.82, 2.24) is 4.90 Å². The van der Waals surface area contributed by atoms with Crippen LogP contribution in [0.25, 0.3) is 0 Å². The Kier molecular flexibility index (Phi) is 8.53. The molecule has 120 valence electrons. The number of esters is 1.